The lowest BCUT2D eigenvalue weighted by atomic mass is 9.78. The summed E-state index contributed by atoms with van der Waals surface area (Å²) in [5.41, 5.74) is 8.89. The first-order valence-electron chi connectivity index (χ1n) is 24.5. The minimum Gasteiger partial charge on any atom is -0.464 e. The Kier molecular flexibility index (Phi) is 13.7. The number of cyclic esters (lactones) is 1. The van der Waals surface area contributed by atoms with Gasteiger partial charge in [0.25, 0.3) is 11.8 Å². The Hall–Kier alpha value is -5.67. The van der Waals surface area contributed by atoms with Crippen LogP contribution in [-0.4, -0.2) is 148 Å². The highest BCUT2D eigenvalue weighted by atomic mass is 32.1. The Bertz CT molecular complexity index is 2700. The average molecular weight is 960 g/mol. The fraction of sp³-hybridized carbons (Fsp3) is 0.558. The van der Waals surface area contributed by atoms with Gasteiger partial charge < -0.3 is 29.2 Å². The topological polar surface area (TPSA) is 172 Å². The van der Waals surface area contributed by atoms with E-state index in [4.69, 9.17) is 19.4 Å². The van der Waals surface area contributed by atoms with Crippen molar-refractivity contribution >= 4 is 51.8 Å². The number of nitrogens with one attached hydrogen (secondary N) is 2. The summed E-state index contributed by atoms with van der Waals surface area (Å²) in [6.07, 6.45) is 4.07. The third-order valence-electron chi connectivity index (χ3n) is 14.4. The number of carbonyl (C=O) groups is 5. The molecule has 0 aliphatic carbocycles. The van der Waals surface area contributed by atoms with E-state index in [1.807, 2.05) is 31.5 Å². The standard InChI is InChI=1S/C52H65N9O7S/c1-32(2)44-35(11-8-17-53-44)46-37-27-51(5,6)31-68-49(65)38-12-9-19-61(56-38)48(64)39(26-42-54-40(28-69-42)34-14-15-41(57(46)7)36(37)25-34)55-47(63)45(33(3)4)60-20-16-52(50(60)66)29-59(30-52)43(62)13-10-18-58-21-23-67-24-22-58/h8,11,14-15,17,25,28,32-33,38-39,45,56H,9,12,16,18-24,26-27,29-31H2,1-7H3,(H,55,63)/t38-,39-,45-/m0/s1. The summed E-state index contributed by atoms with van der Waals surface area (Å²) in [5, 5.41) is 8.21. The fourth-order valence-electron chi connectivity index (χ4n) is 10.8. The highest BCUT2D eigenvalue weighted by Crippen LogP contribution is 2.43. The first-order valence-corrected chi connectivity index (χ1v) is 25.4. The highest BCUT2D eigenvalue weighted by molar-refractivity contribution is 7.10. The van der Waals surface area contributed by atoms with Crippen LogP contribution in [0, 0.1) is 28.6 Å². The van der Waals surface area contributed by atoms with Gasteiger partial charge in [-0.05, 0) is 73.3 Å². The van der Waals surface area contributed by atoms with E-state index in [-0.39, 0.29) is 49.8 Å². The van der Waals surface area contributed by atoms with E-state index < -0.39 is 46.7 Å². The lowest BCUT2D eigenvalue weighted by Crippen LogP contribution is -2.64. The van der Waals surface area contributed by atoms with E-state index in [0.29, 0.717) is 63.5 Å². The van der Waals surface area contributed by atoms with Gasteiger partial charge in [0.05, 0.1) is 53.9 Å². The number of esters is 1. The molecule has 16 nitrogen and oxygen atoms in total. The third kappa shape index (κ3) is 9.78. The number of amides is 4. The molecule has 5 aliphatic rings. The summed E-state index contributed by atoms with van der Waals surface area (Å²) in [6.45, 7) is 17.0. The Morgan fingerprint density at radius 2 is 1.83 bits per heavy atom. The molecule has 5 aliphatic heterocycles. The lowest BCUT2D eigenvalue weighted by molar-refractivity contribution is -0.155. The number of rotatable bonds is 7. The number of ether oxygens (including phenoxy) is 2. The summed E-state index contributed by atoms with van der Waals surface area (Å²) in [5.74, 6) is 3.85. The number of thiazole rings is 1. The molecule has 17 heteroatoms. The number of benzene rings is 1. The minimum atomic E-state index is -1.07. The van der Waals surface area contributed by atoms with E-state index in [1.54, 1.807) is 9.80 Å². The van der Waals surface area contributed by atoms with E-state index >= 15 is 0 Å². The Morgan fingerprint density at radius 3 is 2.58 bits per heavy atom. The van der Waals surface area contributed by atoms with Crippen LogP contribution in [0.25, 0.3) is 33.4 Å². The molecular formula is C52H65N9O7S. The van der Waals surface area contributed by atoms with Crippen LogP contribution in [0.4, 0.5) is 0 Å². The second kappa shape index (κ2) is 19.6. The van der Waals surface area contributed by atoms with Gasteiger partial charge in [-0.15, -0.1) is 11.3 Å². The van der Waals surface area contributed by atoms with Crippen molar-refractivity contribution < 1.29 is 33.4 Å². The number of likely N-dealkylation sites (tertiary alicyclic amines) is 2. The molecule has 3 aromatic heterocycles. The van der Waals surface area contributed by atoms with E-state index in [0.717, 1.165) is 57.8 Å². The zero-order valence-electron chi connectivity index (χ0n) is 40.9. The zero-order valence-corrected chi connectivity index (χ0v) is 41.7. The van der Waals surface area contributed by atoms with Crippen molar-refractivity contribution in [3.63, 3.8) is 0 Å². The number of aromatic nitrogens is 3. The molecule has 3 atom stereocenters. The molecule has 1 aromatic carbocycles. The molecule has 1 spiro atoms. The third-order valence-corrected chi connectivity index (χ3v) is 15.3. The number of hydrogen-bond acceptors (Lipinski definition) is 12. The molecule has 9 rings (SSSR count). The van der Waals surface area contributed by atoms with Crippen LogP contribution in [0.5, 0.6) is 0 Å². The van der Waals surface area contributed by atoms with Crippen LogP contribution in [0.2, 0.25) is 0 Å². The number of morpholine rings is 1. The maximum atomic E-state index is 14.7. The van der Waals surface area contributed by atoms with Gasteiger partial charge in [-0.3, -0.25) is 38.9 Å². The summed E-state index contributed by atoms with van der Waals surface area (Å²) in [6, 6.07) is 7.77. The number of fused-ring (bicyclic) bond motifs is 6. The molecule has 0 saturated carbocycles. The van der Waals surface area contributed by atoms with Crippen LogP contribution in [0.3, 0.4) is 0 Å². The van der Waals surface area contributed by atoms with Crippen LogP contribution in [0.15, 0.2) is 41.9 Å². The molecule has 2 N–H and O–H groups in total. The molecule has 4 amide bonds. The number of hydrazine groups is 1. The van der Waals surface area contributed by atoms with Gasteiger partial charge in [0.1, 0.15) is 18.1 Å². The first kappa shape index (κ1) is 48.4. The predicted molar refractivity (Wildman–Crippen MR) is 262 cm³/mol. The van der Waals surface area contributed by atoms with Gasteiger partial charge in [-0.25, -0.2) is 10.4 Å². The molecule has 0 unspecified atom stereocenters. The van der Waals surface area contributed by atoms with Gasteiger partial charge in [-0.1, -0.05) is 53.5 Å². The zero-order chi connectivity index (χ0) is 48.8. The molecule has 4 saturated heterocycles. The number of aryl methyl sites for hydroxylation is 1. The van der Waals surface area contributed by atoms with E-state index in [2.05, 4.69) is 91.1 Å². The number of carbonyl (C=O) groups excluding carboxylic acids is 5. The molecule has 69 heavy (non-hydrogen) atoms. The Labute approximate surface area is 408 Å². The van der Waals surface area contributed by atoms with Crippen molar-refractivity contribution in [1.29, 1.82) is 0 Å². The Balaban J connectivity index is 0.990. The molecular weight excluding hydrogens is 895 g/mol. The molecule has 8 heterocycles. The van der Waals surface area contributed by atoms with Crippen molar-refractivity contribution in [2.45, 2.75) is 97.7 Å². The van der Waals surface area contributed by atoms with Crippen molar-refractivity contribution in [1.82, 2.24) is 45.0 Å². The fourth-order valence-corrected chi connectivity index (χ4v) is 11.6. The van der Waals surface area contributed by atoms with E-state index in [9.17, 15) is 24.0 Å². The minimum absolute atomic E-state index is 0.0883. The number of nitrogens with zero attached hydrogens (tertiary/aromatic N) is 7. The predicted octanol–water partition coefficient (Wildman–Crippen LogP) is 4.56. The van der Waals surface area contributed by atoms with E-state index in [1.165, 1.54) is 16.3 Å². The highest BCUT2D eigenvalue weighted by Gasteiger charge is 2.58. The van der Waals surface area contributed by atoms with Gasteiger partial charge in [0.2, 0.25) is 11.8 Å². The summed E-state index contributed by atoms with van der Waals surface area (Å²) in [4.78, 5) is 85.9. The molecule has 366 valence electrons. The number of hydrogen-bond donors (Lipinski definition) is 2. The summed E-state index contributed by atoms with van der Waals surface area (Å²) >= 11 is 1.42. The molecule has 4 aromatic rings. The maximum absolute atomic E-state index is 14.7. The molecule has 4 fully saturated rings. The largest absolute Gasteiger partial charge is 0.464 e. The van der Waals surface area contributed by atoms with Gasteiger partial charge in [0, 0.05) is 91.8 Å². The maximum Gasteiger partial charge on any atom is 0.324 e. The summed E-state index contributed by atoms with van der Waals surface area (Å²) < 4.78 is 13.7. The Morgan fingerprint density at radius 1 is 1.04 bits per heavy atom. The van der Waals surface area contributed by atoms with Gasteiger partial charge >= 0.3 is 5.97 Å². The second-order valence-corrected chi connectivity index (χ2v) is 21.9. The van der Waals surface area contributed by atoms with Crippen molar-refractivity contribution in [3.8, 4) is 34.4 Å². The SMILES string of the molecule is CC(C)c1ncccc1-c1c2c3cc(ccc3n1C)-c1csc(n1)C[C@H](NC(=O)[C@H](C(C)C)N1CCC3(CN(C(=O)C#CCN4CCOCC4)C3)C1=O)C(=O)N1CCC[C@H](N1)C(=O)OCC(C)(C)C2. The smallest absolute Gasteiger partial charge is 0.324 e. The lowest BCUT2D eigenvalue weighted by Gasteiger charge is -2.46. The first-order chi connectivity index (χ1) is 33.0. The number of pyridine rings is 1. The molecule has 6 bridgehead atoms. The van der Waals surface area contributed by atoms with Crippen LogP contribution >= 0.6 is 11.3 Å². The van der Waals surface area contributed by atoms with Crippen molar-refractivity contribution in [3.05, 3.63) is 58.2 Å². The van der Waals surface area contributed by atoms with Crippen molar-refractivity contribution in [2.75, 3.05) is 65.6 Å². The normalized spacial score (nSPS) is 22.3. The van der Waals surface area contributed by atoms with Crippen molar-refractivity contribution in [2.24, 2.45) is 23.8 Å². The van der Waals surface area contributed by atoms with Crippen LogP contribution < -0.4 is 10.7 Å². The average Bonchev–Trinajstić information content (AvgIpc) is 4.00. The monoisotopic (exact) mass is 959 g/mol. The summed E-state index contributed by atoms with van der Waals surface area (Å²) in [7, 11) is 2.09. The second-order valence-electron chi connectivity index (χ2n) is 20.9. The van der Waals surface area contributed by atoms with Crippen LogP contribution in [-0.2, 0) is 53.3 Å². The van der Waals surface area contributed by atoms with Crippen LogP contribution in [0.1, 0.15) is 83.0 Å². The van der Waals surface area contributed by atoms with Gasteiger partial charge in [-0.2, -0.15) is 0 Å². The van der Waals surface area contributed by atoms with Gasteiger partial charge in [0.15, 0.2) is 0 Å². The quantitative estimate of drug-likeness (QED) is 0.197. The molecule has 0 radical (unpaired) electrons.